The molecule has 166 valence electrons. The van der Waals surface area contributed by atoms with Crippen molar-refractivity contribution in [2.45, 2.75) is 26.8 Å². The third kappa shape index (κ3) is 3.93. The number of hydrogen-bond acceptors (Lipinski definition) is 6. The number of halogens is 1. The van der Waals surface area contributed by atoms with E-state index in [1.54, 1.807) is 16.9 Å². The van der Waals surface area contributed by atoms with Gasteiger partial charge in [0, 0.05) is 48.5 Å². The molecule has 0 spiro atoms. The first-order chi connectivity index (χ1) is 15.4. The number of fused-ring (bicyclic) bond motifs is 1. The molecule has 1 aromatic carbocycles. The molecule has 0 amide bonds. The van der Waals surface area contributed by atoms with Crippen LogP contribution < -0.4 is 10.1 Å². The van der Waals surface area contributed by atoms with Gasteiger partial charge < -0.3 is 14.8 Å². The normalized spacial score (nSPS) is 13.0. The fourth-order valence-corrected chi connectivity index (χ4v) is 3.89. The molecule has 1 N–H and O–H groups in total. The standard InChI is InChI=1S/C23H25FN6O2/c1-13-10-19(30(4)29-13)17-12-27-22(14(2)21(17)28-23(25-3)31-5)26-11-16-15-8-9-32-20(15)7-6-18(16)24/h6-7,10,12H,3,8-9,11H2,1-2,4-5H3,(H,26,27)/b28-23+. The predicted octanol–water partition coefficient (Wildman–Crippen LogP) is 4.12. The lowest BCUT2D eigenvalue weighted by molar-refractivity contribution is 0.356. The van der Waals surface area contributed by atoms with Gasteiger partial charge in [0.05, 0.1) is 30.8 Å². The number of anilines is 1. The van der Waals surface area contributed by atoms with E-state index in [1.165, 1.54) is 13.2 Å². The summed E-state index contributed by atoms with van der Waals surface area (Å²) in [5.74, 6) is 1.06. The van der Waals surface area contributed by atoms with Gasteiger partial charge in [-0.25, -0.2) is 14.4 Å². The Labute approximate surface area is 185 Å². The summed E-state index contributed by atoms with van der Waals surface area (Å²) in [7, 11) is 3.35. The van der Waals surface area contributed by atoms with E-state index in [0.29, 0.717) is 30.1 Å². The number of aliphatic imine (C=N–C) groups is 2. The molecule has 1 aliphatic heterocycles. The van der Waals surface area contributed by atoms with Crippen LogP contribution in [-0.4, -0.2) is 41.2 Å². The van der Waals surface area contributed by atoms with Crippen molar-refractivity contribution in [3.8, 4) is 17.0 Å². The van der Waals surface area contributed by atoms with Crippen LogP contribution >= 0.6 is 0 Å². The van der Waals surface area contributed by atoms with Crippen LogP contribution in [0.2, 0.25) is 0 Å². The zero-order chi connectivity index (χ0) is 22.8. The Hall–Kier alpha value is -3.75. The third-order valence-electron chi connectivity index (χ3n) is 5.46. The van der Waals surface area contributed by atoms with Gasteiger partial charge in [-0.3, -0.25) is 4.68 Å². The summed E-state index contributed by atoms with van der Waals surface area (Å²) >= 11 is 0. The first-order valence-corrected chi connectivity index (χ1v) is 10.2. The van der Waals surface area contributed by atoms with Gasteiger partial charge in [0.15, 0.2) is 0 Å². The van der Waals surface area contributed by atoms with E-state index < -0.39 is 0 Å². The minimum atomic E-state index is -0.267. The average Bonchev–Trinajstić information content (AvgIpc) is 3.38. The molecule has 2 aromatic heterocycles. The molecule has 4 rings (SSSR count). The molecular weight excluding hydrogens is 411 g/mol. The average molecular weight is 436 g/mol. The number of nitrogens with zero attached hydrogens (tertiary/aromatic N) is 5. The largest absolute Gasteiger partial charge is 0.493 e. The van der Waals surface area contributed by atoms with Gasteiger partial charge in [-0.2, -0.15) is 10.1 Å². The summed E-state index contributed by atoms with van der Waals surface area (Å²) < 4.78 is 27.1. The van der Waals surface area contributed by atoms with Crippen LogP contribution in [0.5, 0.6) is 5.75 Å². The molecule has 8 nitrogen and oxygen atoms in total. The number of benzene rings is 1. The number of methoxy groups -OCH3 is 1. The zero-order valence-electron chi connectivity index (χ0n) is 18.6. The second-order valence-electron chi connectivity index (χ2n) is 7.50. The van der Waals surface area contributed by atoms with Crippen molar-refractivity contribution in [1.29, 1.82) is 0 Å². The Morgan fingerprint density at radius 1 is 1.38 bits per heavy atom. The number of pyridine rings is 1. The number of aryl methyl sites for hydroxylation is 2. The van der Waals surface area contributed by atoms with Gasteiger partial charge >= 0.3 is 6.02 Å². The SMILES string of the molecule is C=N/C(=N\c1c(-c2cc(C)nn2C)cnc(NCc2c(F)ccc3c2CCO3)c1C)OC. The van der Waals surface area contributed by atoms with E-state index in [1.807, 2.05) is 27.0 Å². The Balaban J connectivity index is 1.75. The summed E-state index contributed by atoms with van der Waals surface area (Å²) in [5, 5.41) is 7.69. The van der Waals surface area contributed by atoms with Crippen molar-refractivity contribution in [3.63, 3.8) is 0 Å². The molecular formula is C23H25FN6O2. The summed E-state index contributed by atoms with van der Waals surface area (Å²) in [4.78, 5) is 13.0. The van der Waals surface area contributed by atoms with Gasteiger partial charge in [0.2, 0.25) is 0 Å². The van der Waals surface area contributed by atoms with Gasteiger partial charge in [-0.15, -0.1) is 0 Å². The molecule has 3 aromatic rings. The lowest BCUT2D eigenvalue weighted by Crippen LogP contribution is -2.08. The van der Waals surface area contributed by atoms with Crippen LogP contribution in [0.4, 0.5) is 15.9 Å². The van der Waals surface area contributed by atoms with Gasteiger partial charge in [-0.1, -0.05) is 0 Å². The van der Waals surface area contributed by atoms with Crippen molar-refractivity contribution >= 4 is 24.2 Å². The Bertz CT molecular complexity index is 1220. The Kier molecular flexibility index (Phi) is 5.89. The maximum Gasteiger partial charge on any atom is 0.316 e. The molecule has 0 aliphatic carbocycles. The minimum Gasteiger partial charge on any atom is -0.493 e. The number of rotatable bonds is 5. The zero-order valence-corrected chi connectivity index (χ0v) is 18.6. The number of amidine groups is 1. The van der Waals surface area contributed by atoms with Crippen molar-refractivity contribution in [3.05, 3.63) is 52.6 Å². The first-order valence-electron chi connectivity index (χ1n) is 10.2. The highest BCUT2D eigenvalue weighted by molar-refractivity contribution is 5.87. The third-order valence-corrected chi connectivity index (χ3v) is 5.46. The maximum absolute atomic E-state index is 14.5. The van der Waals surface area contributed by atoms with E-state index in [9.17, 15) is 4.39 Å². The number of aromatic nitrogens is 3. The van der Waals surface area contributed by atoms with Crippen LogP contribution in [0.1, 0.15) is 22.4 Å². The molecule has 1 aliphatic rings. The molecule has 0 atom stereocenters. The van der Waals surface area contributed by atoms with E-state index in [-0.39, 0.29) is 18.4 Å². The second-order valence-corrected chi connectivity index (χ2v) is 7.50. The lowest BCUT2D eigenvalue weighted by Gasteiger charge is -2.16. The van der Waals surface area contributed by atoms with Crippen LogP contribution in [0.15, 0.2) is 34.4 Å². The summed E-state index contributed by atoms with van der Waals surface area (Å²) in [6.45, 7) is 8.17. The van der Waals surface area contributed by atoms with Crippen molar-refractivity contribution < 1.29 is 13.9 Å². The second kappa shape index (κ2) is 8.78. The van der Waals surface area contributed by atoms with Gasteiger partial charge in [0.25, 0.3) is 0 Å². The monoisotopic (exact) mass is 436 g/mol. The van der Waals surface area contributed by atoms with Gasteiger partial charge in [-0.05, 0) is 38.8 Å². The highest BCUT2D eigenvalue weighted by atomic mass is 19.1. The molecule has 0 fully saturated rings. The van der Waals surface area contributed by atoms with Crippen LogP contribution in [0.25, 0.3) is 11.3 Å². The van der Waals surface area contributed by atoms with E-state index in [0.717, 1.165) is 33.8 Å². The molecule has 3 heterocycles. The van der Waals surface area contributed by atoms with Crippen LogP contribution in [-0.2, 0) is 24.8 Å². The number of nitrogens with one attached hydrogen (secondary N) is 1. The maximum atomic E-state index is 14.5. The lowest BCUT2D eigenvalue weighted by atomic mass is 10.0. The fraction of sp³-hybridized carbons (Fsp3) is 0.304. The molecule has 0 bridgehead atoms. The van der Waals surface area contributed by atoms with Crippen molar-refractivity contribution in [2.75, 3.05) is 19.0 Å². The fourth-order valence-electron chi connectivity index (χ4n) is 3.89. The summed E-state index contributed by atoms with van der Waals surface area (Å²) in [6.07, 6.45) is 2.41. The molecule has 0 saturated carbocycles. The minimum absolute atomic E-state index is 0.134. The highest BCUT2D eigenvalue weighted by Gasteiger charge is 2.21. The van der Waals surface area contributed by atoms with Crippen LogP contribution in [0.3, 0.4) is 0 Å². The quantitative estimate of drug-likeness (QED) is 0.480. The van der Waals surface area contributed by atoms with Crippen molar-refractivity contribution in [1.82, 2.24) is 14.8 Å². The number of ether oxygens (including phenoxy) is 2. The Morgan fingerprint density at radius 3 is 2.88 bits per heavy atom. The molecule has 0 saturated heterocycles. The summed E-state index contributed by atoms with van der Waals surface area (Å²) in [6, 6.07) is 5.20. The number of hydrogen-bond donors (Lipinski definition) is 1. The topological polar surface area (TPSA) is 85.9 Å². The predicted molar refractivity (Wildman–Crippen MR) is 122 cm³/mol. The van der Waals surface area contributed by atoms with Gasteiger partial charge in [0.1, 0.15) is 17.4 Å². The van der Waals surface area contributed by atoms with Crippen molar-refractivity contribution in [2.24, 2.45) is 17.0 Å². The first kappa shape index (κ1) is 21.5. The molecule has 0 radical (unpaired) electrons. The highest BCUT2D eigenvalue weighted by Crippen LogP contribution is 2.37. The smallest absolute Gasteiger partial charge is 0.316 e. The van der Waals surface area contributed by atoms with Crippen LogP contribution in [0, 0.1) is 19.7 Å². The van der Waals surface area contributed by atoms with E-state index in [4.69, 9.17) is 9.47 Å². The van der Waals surface area contributed by atoms with E-state index >= 15 is 0 Å². The molecule has 9 heteroatoms. The molecule has 32 heavy (non-hydrogen) atoms. The molecule has 0 unspecified atom stereocenters. The van der Waals surface area contributed by atoms with E-state index in [2.05, 4.69) is 32.1 Å². The Morgan fingerprint density at radius 2 is 2.19 bits per heavy atom. The summed E-state index contributed by atoms with van der Waals surface area (Å²) in [5.41, 5.74) is 5.37.